The van der Waals surface area contributed by atoms with E-state index < -0.39 is 0 Å². The molecular formula is C19H21N5. The minimum Gasteiger partial charge on any atom is -0.269 e. The van der Waals surface area contributed by atoms with Gasteiger partial charge in [-0.05, 0) is 31.3 Å². The fraction of sp³-hybridized carbons (Fsp3) is 0.474. The first-order chi connectivity index (χ1) is 11.9. The second-order valence-electron chi connectivity index (χ2n) is 6.69. The molecule has 0 radical (unpaired) electrons. The highest BCUT2D eigenvalue weighted by Gasteiger charge is 2.27. The number of nitriles is 1. The van der Waals surface area contributed by atoms with Gasteiger partial charge in [0, 0.05) is 42.6 Å². The van der Waals surface area contributed by atoms with Crippen molar-refractivity contribution in [3.63, 3.8) is 0 Å². The van der Waals surface area contributed by atoms with Gasteiger partial charge < -0.3 is 0 Å². The highest BCUT2D eigenvalue weighted by atomic mass is 15.3. The van der Waals surface area contributed by atoms with Gasteiger partial charge in [0.1, 0.15) is 0 Å². The molecular weight excluding hydrogens is 298 g/mol. The quantitative estimate of drug-likeness (QED) is 0.821. The maximum Gasteiger partial charge on any atom is 0.0821 e. The molecule has 0 aromatic carbocycles. The lowest BCUT2D eigenvalue weighted by Crippen LogP contribution is -2.18. The molecule has 4 rings (SSSR count). The minimum absolute atomic E-state index is 0.325. The van der Waals surface area contributed by atoms with Crippen LogP contribution in [0.3, 0.4) is 0 Å². The first-order valence-corrected chi connectivity index (χ1v) is 8.78. The zero-order valence-corrected chi connectivity index (χ0v) is 13.7. The maximum atomic E-state index is 8.99. The van der Waals surface area contributed by atoms with Crippen LogP contribution in [0.25, 0.3) is 5.70 Å². The fourth-order valence-electron chi connectivity index (χ4n) is 4.05. The van der Waals surface area contributed by atoms with Crippen molar-refractivity contribution < 1.29 is 0 Å². The van der Waals surface area contributed by atoms with Crippen LogP contribution in [0.15, 0.2) is 40.2 Å². The number of allylic oxidation sites excluding steroid dienone is 2. The van der Waals surface area contributed by atoms with Crippen molar-refractivity contribution in [1.82, 2.24) is 9.78 Å². The second-order valence-corrected chi connectivity index (χ2v) is 6.69. The number of rotatable bonds is 5. The van der Waals surface area contributed by atoms with Crippen LogP contribution in [0.2, 0.25) is 0 Å². The van der Waals surface area contributed by atoms with Gasteiger partial charge in [-0.2, -0.15) is 10.4 Å². The number of nitrogens with zero attached hydrogens (tertiary/aromatic N) is 5. The molecule has 1 aliphatic carbocycles. The molecule has 1 aromatic rings. The lowest BCUT2D eigenvalue weighted by molar-refractivity contribution is 0.295. The van der Waals surface area contributed by atoms with Crippen molar-refractivity contribution in [1.29, 1.82) is 5.26 Å². The predicted octanol–water partition coefficient (Wildman–Crippen LogP) is 4.07. The summed E-state index contributed by atoms with van der Waals surface area (Å²) in [5.74, 6) is 0.641. The van der Waals surface area contributed by atoms with Crippen LogP contribution in [0.4, 0.5) is 0 Å². The van der Waals surface area contributed by atoms with E-state index in [1.54, 1.807) is 0 Å². The van der Waals surface area contributed by atoms with Crippen molar-refractivity contribution in [3.05, 3.63) is 35.8 Å². The van der Waals surface area contributed by atoms with Gasteiger partial charge in [0.25, 0.3) is 0 Å². The van der Waals surface area contributed by atoms with E-state index in [9.17, 15) is 0 Å². The highest BCUT2D eigenvalue weighted by molar-refractivity contribution is 6.17. The highest BCUT2D eigenvalue weighted by Crippen LogP contribution is 2.37. The molecule has 0 spiro atoms. The van der Waals surface area contributed by atoms with Crippen LogP contribution in [0.5, 0.6) is 0 Å². The third kappa shape index (κ3) is 2.73. The smallest absolute Gasteiger partial charge is 0.0821 e. The Labute approximate surface area is 142 Å². The number of fused-ring (bicyclic) bond motifs is 1. The molecule has 2 aliphatic heterocycles. The lowest BCUT2D eigenvalue weighted by Gasteiger charge is -2.23. The molecule has 5 heteroatoms. The molecule has 1 fully saturated rings. The fourth-order valence-corrected chi connectivity index (χ4v) is 4.05. The summed E-state index contributed by atoms with van der Waals surface area (Å²) >= 11 is 0. The molecule has 0 bridgehead atoms. The van der Waals surface area contributed by atoms with Gasteiger partial charge in [-0.15, -0.1) is 0 Å². The summed E-state index contributed by atoms with van der Waals surface area (Å²) in [6, 6.07) is 2.62. The van der Waals surface area contributed by atoms with E-state index in [1.165, 1.54) is 25.7 Å². The van der Waals surface area contributed by atoms with Gasteiger partial charge in [0.15, 0.2) is 0 Å². The molecule has 1 saturated carbocycles. The van der Waals surface area contributed by atoms with Crippen LogP contribution >= 0.6 is 0 Å². The molecule has 0 saturated heterocycles. The van der Waals surface area contributed by atoms with E-state index in [1.807, 2.05) is 24.7 Å². The van der Waals surface area contributed by atoms with E-state index in [0.29, 0.717) is 18.4 Å². The molecule has 0 amide bonds. The minimum atomic E-state index is 0.325. The first-order valence-electron chi connectivity index (χ1n) is 8.78. The second kappa shape index (κ2) is 6.56. The van der Waals surface area contributed by atoms with Gasteiger partial charge in [-0.1, -0.05) is 12.8 Å². The van der Waals surface area contributed by atoms with Crippen LogP contribution in [0.1, 0.15) is 56.6 Å². The van der Waals surface area contributed by atoms with Crippen molar-refractivity contribution in [2.45, 2.75) is 51.0 Å². The van der Waals surface area contributed by atoms with Gasteiger partial charge in [-0.25, -0.2) is 0 Å². The topological polar surface area (TPSA) is 66.3 Å². The van der Waals surface area contributed by atoms with Crippen LogP contribution in [-0.4, -0.2) is 21.7 Å². The van der Waals surface area contributed by atoms with Crippen LogP contribution in [0, 0.1) is 17.2 Å². The third-order valence-corrected chi connectivity index (χ3v) is 5.25. The van der Waals surface area contributed by atoms with E-state index >= 15 is 0 Å². The van der Waals surface area contributed by atoms with Crippen LogP contribution < -0.4 is 0 Å². The van der Waals surface area contributed by atoms with Crippen molar-refractivity contribution in [3.8, 4) is 6.07 Å². The van der Waals surface area contributed by atoms with E-state index in [2.05, 4.69) is 32.0 Å². The average Bonchev–Trinajstić information content (AvgIpc) is 3.36. The zero-order chi connectivity index (χ0) is 16.4. The number of aromatic nitrogens is 2. The molecule has 0 N–H and O–H groups in total. The molecule has 5 nitrogen and oxygen atoms in total. The van der Waals surface area contributed by atoms with E-state index in [0.717, 1.165) is 35.4 Å². The summed E-state index contributed by atoms with van der Waals surface area (Å²) < 4.78 is 2.08. The third-order valence-electron chi connectivity index (χ3n) is 5.25. The monoisotopic (exact) mass is 319 g/mol. The predicted molar refractivity (Wildman–Crippen MR) is 94.7 cm³/mol. The Bertz CT molecular complexity index is 781. The molecule has 122 valence electrons. The SMILES string of the molecule is N#CCCC(C1CCCC1)n1cc(C2=C3C=CN=C3CC=N2)cn1. The maximum absolute atomic E-state index is 8.99. The number of hydrogen-bond acceptors (Lipinski definition) is 4. The van der Waals surface area contributed by atoms with Gasteiger partial charge >= 0.3 is 0 Å². The Balaban J connectivity index is 1.63. The summed E-state index contributed by atoms with van der Waals surface area (Å²) in [5, 5.41) is 13.6. The first kappa shape index (κ1) is 15.1. The molecule has 3 heterocycles. The summed E-state index contributed by atoms with van der Waals surface area (Å²) in [6.07, 6.45) is 17.2. The summed E-state index contributed by atoms with van der Waals surface area (Å²) in [4.78, 5) is 8.99. The van der Waals surface area contributed by atoms with E-state index in [4.69, 9.17) is 5.26 Å². The van der Waals surface area contributed by atoms with E-state index in [-0.39, 0.29) is 0 Å². The summed E-state index contributed by atoms with van der Waals surface area (Å²) in [7, 11) is 0. The van der Waals surface area contributed by atoms with Gasteiger partial charge in [0.2, 0.25) is 0 Å². The molecule has 1 unspecified atom stereocenters. The molecule has 3 aliphatic rings. The Morgan fingerprint density at radius 1 is 1.33 bits per heavy atom. The lowest BCUT2D eigenvalue weighted by atomic mass is 9.94. The largest absolute Gasteiger partial charge is 0.269 e. The normalized spacial score (nSPS) is 21.0. The van der Waals surface area contributed by atoms with Crippen molar-refractivity contribution >= 4 is 17.6 Å². The van der Waals surface area contributed by atoms with Crippen molar-refractivity contribution in [2.24, 2.45) is 15.9 Å². The zero-order valence-electron chi connectivity index (χ0n) is 13.7. The Morgan fingerprint density at radius 2 is 2.21 bits per heavy atom. The number of hydrogen-bond donors (Lipinski definition) is 0. The standard InChI is InChI=1S/C19H21N5/c20-9-3-6-18(14-4-1-2-5-14)24-13-15(12-23-24)19-16-7-10-21-17(16)8-11-22-19/h7,10-14,18H,1-6,8H2. The summed E-state index contributed by atoms with van der Waals surface area (Å²) in [6.45, 7) is 0. The van der Waals surface area contributed by atoms with Crippen molar-refractivity contribution in [2.75, 3.05) is 0 Å². The Morgan fingerprint density at radius 3 is 3.04 bits per heavy atom. The molecule has 24 heavy (non-hydrogen) atoms. The van der Waals surface area contributed by atoms with Gasteiger partial charge in [0.05, 0.1) is 29.7 Å². The van der Waals surface area contributed by atoms with Crippen LogP contribution in [-0.2, 0) is 0 Å². The van der Waals surface area contributed by atoms with Gasteiger partial charge in [-0.3, -0.25) is 14.7 Å². The Kier molecular flexibility index (Phi) is 4.12. The Hall–Kier alpha value is -2.48. The molecule has 1 aromatic heterocycles. The number of aliphatic imine (C=N–C) groups is 2. The summed E-state index contributed by atoms with van der Waals surface area (Å²) in [5.41, 5.74) is 4.21. The molecule has 1 atom stereocenters. The average molecular weight is 319 g/mol.